The summed E-state index contributed by atoms with van der Waals surface area (Å²) in [4.78, 5) is 11.1. The molecule has 0 unspecified atom stereocenters. The van der Waals surface area contributed by atoms with Gasteiger partial charge in [-0.3, -0.25) is 0 Å². The standard InChI is InChI=1S/C11H18O2Si/c1-5-7-14(8-6-2)9-13-11(12)10(3)4/h5-6,14H,1-3,7-9H2,4H3. The van der Waals surface area contributed by atoms with Crippen molar-refractivity contribution in [2.24, 2.45) is 0 Å². The first kappa shape index (κ1) is 12.9. The van der Waals surface area contributed by atoms with E-state index in [1.54, 1.807) is 6.92 Å². The molecule has 0 fully saturated rings. The molecular weight excluding hydrogens is 192 g/mol. The minimum atomic E-state index is -1.05. The van der Waals surface area contributed by atoms with E-state index in [1.165, 1.54) is 0 Å². The predicted octanol–water partition coefficient (Wildman–Crippen LogP) is 2.24. The number of allylic oxidation sites excluding steroid dienone is 2. The quantitative estimate of drug-likeness (QED) is 0.279. The summed E-state index contributed by atoms with van der Waals surface area (Å²) in [5.41, 5.74) is 0.454. The van der Waals surface area contributed by atoms with Gasteiger partial charge in [0.05, 0.1) is 15.0 Å². The highest BCUT2D eigenvalue weighted by atomic mass is 28.3. The third-order valence-corrected chi connectivity index (χ3v) is 4.44. The van der Waals surface area contributed by atoms with Crippen LogP contribution in [0.3, 0.4) is 0 Å². The SMILES string of the molecule is C=CC[SiH](CC=C)COC(=O)C(=C)C. The van der Waals surface area contributed by atoms with E-state index in [2.05, 4.69) is 19.7 Å². The van der Waals surface area contributed by atoms with Crippen molar-refractivity contribution in [1.29, 1.82) is 0 Å². The second-order valence-corrected chi connectivity index (χ2v) is 6.30. The van der Waals surface area contributed by atoms with Crippen molar-refractivity contribution in [3.8, 4) is 0 Å². The Hall–Kier alpha value is -1.09. The average Bonchev–Trinajstić information content (AvgIpc) is 2.14. The highest BCUT2D eigenvalue weighted by molar-refractivity contribution is 6.59. The summed E-state index contributed by atoms with van der Waals surface area (Å²) in [6.45, 7) is 12.6. The van der Waals surface area contributed by atoms with Crippen LogP contribution in [0.25, 0.3) is 0 Å². The van der Waals surface area contributed by atoms with Gasteiger partial charge < -0.3 is 4.74 Å². The van der Waals surface area contributed by atoms with Gasteiger partial charge in [-0.05, 0) is 19.0 Å². The van der Waals surface area contributed by atoms with Crippen LogP contribution in [0.1, 0.15) is 6.92 Å². The number of hydrogen-bond donors (Lipinski definition) is 0. The molecule has 2 nitrogen and oxygen atoms in total. The zero-order valence-electron chi connectivity index (χ0n) is 8.79. The van der Waals surface area contributed by atoms with Crippen LogP contribution in [0.4, 0.5) is 0 Å². The van der Waals surface area contributed by atoms with Crippen LogP contribution in [-0.4, -0.2) is 21.0 Å². The lowest BCUT2D eigenvalue weighted by Gasteiger charge is -2.11. The summed E-state index contributed by atoms with van der Waals surface area (Å²) >= 11 is 0. The molecule has 0 aliphatic heterocycles. The van der Waals surface area contributed by atoms with Crippen LogP contribution < -0.4 is 0 Å². The van der Waals surface area contributed by atoms with Crippen molar-refractivity contribution in [2.75, 3.05) is 6.23 Å². The minimum Gasteiger partial charge on any atom is -0.466 e. The lowest BCUT2D eigenvalue weighted by Crippen LogP contribution is -2.22. The number of ether oxygens (including phenoxy) is 1. The summed E-state index contributed by atoms with van der Waals surface area (Å²) in [5, 5.41) is 0. The van der Waals surface area contributed by atoms with Crippen LogP contribution in [0.15, 0.2) is 37.5 Å². The molecule has 0 aliphatic carbocycles. The molecule has 0 N–H and O–H groups in total. The first-order valence-corrected chi connectivity index (χ1v) is 7.11. The van der Waals surface area contributed by atoms with Crippen LogP contribution in [0, 0.1) is 0 Å². The molecule has 0 spiro atoms. The molecule has 0 bridgehead atoms. The Labute approximate surface area is 87.6 Å². The largest absolute Gasteiger partial charge is 0.466 e. The third-order valence-electron chi connectivity index (χ3n) is 1.80. The molecule has 0 heterocycles. The van der Waals surface area contributed by atoms with Crippen LogP contribution in [0.5, 0.6) is 0 Å². The van der Waals surface area contributed by atoms with E-state index in [-0.39, 0.29) is 5.97 Å². The maximum Gasteiger partial charge on any atom is 0.332 e. The topological polar surface area (TPSA) is 26.3 Å². The number of hydrogen-bond acceptors (Lipinski definition) is 2. The summed E-state index contributed by atoms with van der Waals surface area (Å²) in [6, 6.07) is 1.94. The molecule has 0 aromatic carbocycles. The lowest BCUT2D eigenvalue weighted by molar-refractivity contribution is -0.137. The summed E-state index contributed by atoms with van der Waals surface area (Å²) in [5.74, 6) is -0.296. The average molecular weight is 210 g/mol. The molecule has 0 aliphatic rings. The van der Waals surface area contributed by atoms with Gasteiger partial charge in [-0.25, -0.2) is 4.79 Å². The molecule has 0 amide bonds. The number of esters is 1. The van der Waals surface area contributed by atoms with Gasteiger partial charge in [0.15, 0.2) is 0 Å². The van der Waals surface area contributed by atoms with E-state index in [4.69, 9.17) is 4.74 Å². The molecule has 0 saturated heterocycles. The Morgan fingerprint density at radius 3 is 2.21 bits per heavy atom. The lowest BCUT2D eigenvalue weighted by atomic mass is 10.4. The Morgan fingerprint density at radius 2 is 1.86 bits per heavy atom. The summed E-state index contributed by atoms with van der Waals surface area (Å²) in [7, 11) is -1.05. The second kappa shape index (κ2) is 7.32. The van der Waals surface area contributed by atoms with Gasteiger partial charge in [0.25, 0.3) is 0 Å². The molecule has 14 heavy (non-hydrogen) atoms. The molecular formula is C11H18O2Si. The molecule has 0 saturated carbocycles. The van der Waals surface area contributed by atoms with Crippen molar-refractivity contribution in [3.63, 3.8) is 0 Å². The fourth-order valence-electron chi connectivity index (χ4n) is 1.02. The van der Waals surface area contributed by atoms with Gasteiger partial charge >= 0.3 is 5.97 Å². The van der Waals surface area contributed by atoms with E-state index in [1.807, 2.05) is 12.2 Å². The zero-order valence-corrected chi connectivity index (χ0v) is 9.95. The first-order valence-electron chi connectivity index (χ1n) is 4.66. The monoisotopic (exact) mass is 210 g/mol. The minimum absolute atomic E-state index is 0.296. The Morgan fingerprint density at radius 1 is 1.36 bits per heavy atom. The van der Waals surface area contributed by atoms with Gasteiger partial charge in [0, 0.05) is 5.57 Å². The van der Waals surface area contributed by atoms with Gasteiger partial charge in [-0.1, -0.05) is 18.7 Å². The van der Waals surface area contributed by atoms with Crippen molar-refractivity contribution in [3.05, 3.63) is 37.5 Å². The normalized spacial score (nSPS) is 9.57. The van der Waals surface area contributed by atoms with Crippen molar-refractivity contribution >= 4 is 14.8 Å². The first-order chi connectivity index (χ1) is 6.61. The maximum absolute atomic E-state index is 11.1. The highest BCUT2D eigenvalue weighted by Crippen LogP contribution is 2.03. The smallest absolute Gasteiger partial charge is 0.332 e. The maximum atomic E-state index is 11.1. The van der Waals surface area contributed by atoms with E-state index in [0.717, 1.165) is 12.1 Å². The van der Waals surface area contributed by atoms with Crippen LogP contribution >= 0.6 is 0 Å². The molecule has 0 aromatic rings. The molecule has 0 radical (unpaired) electrons. The molecule has 3 heteroatoms. The summed E-state index contributed by atoms with van der Waals surface area (Å²) < 4.78 is 5.10. The van der Waals surface area contributed by atoms with E-state index in [0.29, 0.717) is 11.8 Å². The summed E-state index contributed by atoms with van der Waals surface area (Å²) in [6.07, 6.45) is 4.31. The second-order valence-electron chi connectivity index (χ2n) is 3.29. The molecule has 0 atom stereocenters. The van der Waals surface area contributed by atoms with Crippen molar-refractivity contribution in [2.45, 2.75) is 19.0 Å². The Balaban J connectivity index is 3.91. The fraction of sp³-hybridized carbons (Fsp3) is 0.364. The molecule has 0 aromatic heterocycles. The van der Waals surface area contributed by atoms with Crippen LogP contribution in [0.2, 0.25) is 12.1 Å². The highest BCUT2D eigenvalue weighted by Gasteiger charge is 2.11. The van der Waals surface area contributed by atoms with Gasteiger partial charge in [-0.2, -0.15) is 0 Å². The Kier molecular flexibility index (Phi) is 6.75. The van der Waals surface area contributed by atoms with Gasteiger partial charge in [-0.15, -0.1) is 13.2 Å². The molecule has 0 rings (SSSR count). The van der Waals surface area contributed by atoms with E-state index in [9.17, 15) is 4.79 Å². The van der Waals surface area contributed by atoms with Gasteiger partial charge in [0.2, 0.25) is 0 Å². The Bertz CT molecular complexity index is 223. The predicted molar refractivity (Wildman–Crippen MR) is 62.9 cm³/mol. The fourth-order valence-corrected chi connectivity index (χ4v) is 2.81. The van der Waals surface area contributed by atoms with E-state index < -0.39 is 8.80 Å². The number of carbonyl (C=O) groups excluding carboxylic acids is 1. The zero-order chi connectivity index (χ0) is 11.0. The number of rotatable bonds is 7. The van der Waals surface area contributed by atoms with Crippen molar-refractivity contribution < 1.29 is 9.53 Å². The van der Waals surface area contributed by atoms with Crippen LogP contribution in [-0.2, 0) is 9.53 Å². The van der Waals surface area contributed by atoms with Crippen molar-refractivity contribution in [1.82, 2.24) is 0 Å². The molecule has 78 valence electrons. The number of carbonyl (C=O) groups is 1. The van der Waals surface area contributed by atoms with Gasteiger partial charge in [0.1, 0.15) is 0 Å². The third kappa shape index (κ3) is 5.53. The van der Waals surface area contributed by atoms with E-state index >= 15 is 0 Å².